The molecule has 1 N–H and O–H groups in total. The smallest absolute Gasteiger partial charge is 0.430 e. The quantitative estimate of drug-likeness (QED) is 0.143. The summed E-state index contributed by atoms with van der Waals surface area (Å²) in [6.45, 7) is 5.84. The first-order valence-electron chi connectivity index (χ1n) is 12.1. The summed E-state index contributed by atoms with van der Waals surface area (Å²) in [6, 6.07) is 1.96. The number of carbonyl (C=O) groups is 2. The van der Waals surface area contributed by atoms with Gasteiger partial charge in [-0.2, -0.15) is 26.3 Å². The third kappa shape index (κ3) is 6.77. The second kappa shape index (κ2) is 12.2. The number of urea groups is 1. The summed E-state index contributed by atoms with van der Waals surface area (Å²) in [4.78, 5) is 26.3. The van der Waals surface area contributed by atoms with Crippen LogP contribution in [0.5, 0.6) is 5.75 Å². The van der Waals surface area contributed by atoms with Crippen LogP contribution in [0.15, 0.2) is 30.5 Å². The zero-order chi connectivity index (χ0) is 28.0. The fraction of sp³-hybridized carbons (Fsp3) is 0.600. The van der Waals surface area contributed by atoms with Crippen LogP contribution >= 0.6 is 0 Å². The Balaban J connectivity index is 1.82. The highest BCUT2D eigenvalue weighted by Gasteiger charge is 2.71. The van der Waals surface area contributed by atoms with E-state index in [0.717, 1.165) is 31.7 Å². The van der Waals surface area contributed by atoms with Crippen LogP contribution < -0.4 is 4.74 Å². The minimum absolute atomic E-state index is 0.151. The van der Waals surface area contributed by atoms with Crippen molar-refractivity contribution in [1.29, 1.82) is 0 Å². The lowest BCUT2D eigenvalue weighted by molar-refractivity contribution is -0.376. The number of amides is 3. The number of likely N-dealkylation sites (N-methyl/N-ethyl adjacent to an activating group) is 1. The van der Waals surface area contributed by atoms with Crippen LogP contribution in [0.2, 0.25) is 0 Å². The molecule has 1 aliphatic heterocycles. The molecule has 1 heterocycles. The Bertz CT molecular complexity index is 963. The number of aliphatic hydroxyl groups is 1. The first kappa shape index (κ1) is 30.5. The van der Waals surface area contributed by atoms with Gasteiger partial charge in [0.2, 0.25) is 0 Å². The monoisotopic (exact) mass is 538 g/mol. The second-order valence-electron chi connectivity index (χ2n) is 8.99. The van der Waals surface area contributed by atoms with Gasteiger partial charge in [0.15, 0.2) is 0 Å². The molecule has 2 rings (SSSR count). The first-order valence-corrected chi connectivity index (χ1v) is 12.1. The molecule has 1 aromatic carbocycles. The van der Waals surface area contributed by atoms with Gasteiger partial charge in [-0.3, -0.25) is 14.6 Å². The molecule has 0 radical (unpaired) electrons. The molecule has 208 valence electrons. The predicted octanol–water partition coefficient (Wildman–Crippen LogP) is 6.08. The maximum Gasteiger partial charge on any atom is 0.430 e. The van der Waals surface area contributed by atoms with Crippen molar-refractivity contribution in [1.82, 2.24) is 9.80 Å². The predicted molar refractivity (Wildman–Crippen MR) is 124 cm³/mol. The molecule has 1 aliphatic rings. The molecule has 0 aliphatic carbocycles. The van der Waals surface area contributed by atoms with Crippen molar-refractivity contribution in [3.63, 3.8) is 0 Å². The van der Waals surface area contributed by atoms with Gasteiger partial charge in [0.05, 0.1) is 6.61 Å². The Kier molecular flexibility index (Phi) is 10.0. The molecule has 12 heteroatoms. The third-order valence-corrected chi connectivity index (χ3v) is 6.27. The van der Waals surface area contributed by atoms with Crippen molar-refractivity contribution in [2.75, 3.05) is 20.2 Å². The molecule has 3 amide bonds. The molecule has 0 aromatic heterocycles. The van der Waals surface area contributed by atoms with Crippen molar-refractivity contribution < 1.29 is 45.8 Å². The Morgan fingerprint density at radius 2 is 1.51 bits per heavy atom. The highest BCUT2D eigenvalue weighted by atomic mass is 19.4. The number of unbranched alkanes of at least 4 members (excludes halogenated alkanes) is 5. The molecular weight excluding hydrogens is 506 g/mol. The van der Waals surface area contributed by atoms with E-state index in [1.54, 1.807) is 6.92 Å². The fourth-order valence-corrected chi connectivity index (χ4v) is 4.04. The number of halogens is 6. The van der Waals surface area contributed by atoms with Crippen molar-refractivity contribution in [3.05, 3.63) is 41.6 Å². The maximum atomic E-state index is 13.2. The van der Waals surface area contributed by atoms with E-state index in [0.29, 0.717) is 37.9 Å². The van der Waals surface area contributed by atoms with E-state index >= 15 is 0 Å². The number of aryl methyl sites for hydroxylation is 1. The fourth-order valence-electron chi connectivity index (χ4n) is 4.04. The van der Waals surface area contributed by atoms with Gasteiger partial charge in [-0.05, 0) is 37.0 Å². The summed E-state index contributed by atoms with van der Waals surface area (Å²) in [5.41, 5.74) is -5.96. The number of carbonyl (C=O) groups excluding carboxylic acids is 2. The minimum Gasteiger partial charge on any atom is -0.493 e. The van der Waals surface area contributed by atoms with E-state index in [4.69, 9.17) is 4.74 Å². The summed E-state index contributed by atoms with van der Waals surface area (Å²) in [5, 5.41) is 9.65. The second-order valence-corrected chi connectivity index (χ2v) is 8.99. The number of benzene rings is 1. The molecule has 6 nitrogen and oxygen atoms in total. The lowest BCUT2D eigenvalue weighted by Gasteiger charge is -2.33. The number of hydrogen-bond acceptors (Lipinski definition) is 4. The minimum atomic E-state index is -5.94. The number of hydrogen-bond donors (Lipinski definition) is 1. The lowest BCUT2D eigenvalue weighted by atomic mass is 9.90. The van der Waals surface area contributed by atoms with Crippen molar-refractivity contribution in [3.8, 4) is 5.75 Å². The molecular formula is C25H32F6N2O4. The number of alkyl halides is 6. The molecule has 1 aromatic rings. The van der Waals surface area contributed by atoms with Gasteiger partial charge in [-0.15, -0.1) is 0 Å². The SMILES string of the molecule is C=C1C(=O)N(CCCCCCCCOc2ccc(C(O)(C(F)(F)F)C(F)(F)F)cc2CCC)C(=O)N1C. The average molecular weight is 539 g/mol. The Labute approximate surface area is 211 Å². The molecule has 0 atom stereocenters. The van der Waals surface area contributed by atoms with E-state index in [1.807, 2.05) is 0 Å². The first-order chi connectivity index (χ1) is 17.2. The molecule has 0 saturated carbocycles. The van der Waals surface area contributed by atoms with E-state index in [-0.39, 0.29) is 42.0 Å². The van der Waals surface area contributed by atoms with Gasteiger partial charge in [-0.25, -0.2) is 4.79 Å². The highest BCUT2D eigenvalue weighted by Crippen LogP contribution is 2.50. The number of imide groups is 1. The van der Waals surface area contributed by atoms with Crippen LogP contribution in [0.1, 0.15) is 63.0 Å². The average Bonchev–Trinajstić information content (AvgIpc) is 2.99. The summed E-state index contributed by atoms with van der Waals surface area (Å²) >= 11 is 0. The van der Waals surface area contributed by atoms with Crippen LogP contribution in [0, 0.1) is 0 Å². The zero-order valence-electron chi connectivity index (χ0n) is 20.8. The molecule has 0 spiro atoms. The Hall–Kier alpha value is -2.76. The van der Waals surface area contributed by atoms with E-state index in [2.05, 4.69) is 6.58 Å². The molecule has 1 fully saturated rings. The molecule has 1 saturated heterocycles. The van der Waals surface area contributed by atoms with Crippen LogP contribution in [0.3, 0.4) is 0 Å². The van der Waals surface area contributed by atoms with Gasteiger partial charge in [0.25, 0.3) is 11.5 Å². The molecule has 0 unspecified atom stereocenters. The third-order valence-electron chi connectivity index (χ3n) is 6.27. The van der Waals surface area contributed by atoms with Crippen molar-refractivity contribution in [2.45, 2.75) is 76.2 Å². The van der Waals surface area contributed by atoms with Gasteiger partial charge >= 0.3 is 18.4 Å². The van der Waals surface area contributed by atoms with Gasteiger partial charge in [0, 0.05) is 19.2 Å². The number of nitrogens with zero attached hydrogens (tertiary/aromatic N) is 2. The lowest BCUT2D eigenvalue weighted by Crippen LogP contribution is -2.53. The highest BCUT2D eigenvalue weighted by molar-refractivity contribution is 6.11. The van der Waals surface area contributed by atoms with E-state index in [9.17, 15) is 41.0 Å². The van der Waals surface area contributed by atoms with Gasteiger partial charge in [0.1, 0.15) is 11.4 Å². The topological polar surface area (TPSA) is 70.1 Å². The molecule has 0 bridgehead atoms. The largest absolute Gasteiger partial charge is 0.493 e. The van der Waals surface area contributed by atoms with Crippen molar-refractivity contribution >= 4 is 11.9 Å². The van der Waals surface area contributed by atoms with Crippen LogP contribution in [-0.2, 0) is 16.8 Å². The maximum absolute atomic E-state index is 13.2. The van der Waals surface area contributed by atoms with Gasteiger partial charge < -0.3 is 9.84 Å². The Morgan fingerprint density at radius 1 is 0.946 bits per heavy atom. The molecule has 37 heavy (non-hydrogen) atoms. The van der Waals surface area contributed by atoms with E-state index in [1.165, 1.54) is 16.8 Å². The summed E-state index contributed by atoms with van der Waals surface area (Å²) in [7, 11) is 1.50. The summed E-state index contributed by atoms with van der Waals surface area (Å²) in [5.74, 6) is -0.203. The van der Waals surface area contributed by atoms with Crippen LogP contribution in [0.25, 0.3) is 0 Å². The number of ether oxygens (including phenoxy) is 1. The van der Waals surface area contributed by atoms with Crippen molar-refractivity contribution in [2.24, 2.45) is 0 Å². The zero-order valence-corrected chi connectivity index (χ0v) is 20.8. The summed E-state index contributed by atoms with van der Waals surface area (Å²) in [6.07, 6.45) is -6.68. The summed E-state index contributed by atoms with van der Waals surface area (Å²) < 4.78 is 84.9. The van der Waals surface area contributed by atoms with Crippen LogP contribution in [0.4, 0.5) is 31.1 Å². The van der Waals surface area contributed by atoms with E-state index < -0.39 is 23.5 Å². The van der Waals surface area contributed by atoms with Gasteiger partial charge in [-0.1, -0.05) is 51.7 Å². The van der Waals surface area contributed by atoms with Crippen LogP contribution in [-0.4, -0.2) is 59.4 Å². The Morgan fingerprint density at radius 3 is 2.03 bits per heavy atom. The standard InChI is InChI=1S/C25H32F6N2O4/c1-4-11-18-16-19(23(36,24(26,27)28)25(29,30)31)12-13-20(18)37-15-10-8-6-5-7-9-14-33-21(34)17(2)32(3)22(33)35/h12-13,16,36H,2,4-11,14-15H2,1,3H3. The number of rotatable bonds is 13. The normalized spacial score (nSPS) is 15.2.